The van der Waals surface area contributed by atoms with Gasteiger partial charge in [-0.15, -0.1) is 0 Å². The molecular formula is C14H18ClFN2O2S. The fraction of sp³-hybridized carbons (Fsp3) is 0.571. The summed E-state index contributed by atoms with van der Waals surface area (Å²) in [4.78, 5) is -0.306. The first-order valence-electron chi connectivity index (χ1n) is 7.10. The lowest BCUT2D eigenvalue weighted by atomic mass is 9.78. The van der Waals surface area contributed by atoms with Crippen molar-refractivity contribution in [3.05, 3.63) is 29.0 Å². The van der Waals surface area contributed by atoms with Gasteiger partial charge in [-0.05, 0) is 42.9 Å². The minimum atomic E-state index is -3.82. The van der Waals surface area contributed by atoms with Gasteiger partial charge in [0.15, 0.2) is 0 Å². The molecular weight excluding hydrogens is 315 g/mol. The molecule has 7 heteroatoms. The van der Waals surface area contributed by atoms with E-state index in [1.807, 2.05) is 0 Å². The molecule has 116 valence electrons. The van der Waals surface area contributed by atoms with Crippen molar-refractivity contribution in [2.75, 3.05) is 13.1 Å². The second kappa shape index (κ2) is 5.50. The Hall–Kier alpha value is -0.690. The van der Waals surface area contributed by atoms with Crippen LogP contribution in [0.4, 0.5) is 4.39 Å². The highest BCUT2D eigenvalue weighted by atomic mass is 35.5. The maximum absolute atomic E-state index is 13.9. The van der Waals surface area contributed by atoms with Crippen LogP contribution in [0.1, 0.15) is 19.3 Å². The molecule has 1 aliphatic carbocycles. The molecule has 1 aromatic carbocycles. The zero-order chi connectivity index (χ0) is 15.2. The summed E-state index contributed by atoms with van der Waals surface area (Å²) in [7, 11) is -3.82. The number of rotatable bonds is 2. The van der Waals surface area contributed by atoms with Crippen LogP contribution in [0.5, 0.6) is 0 Å². The highest BCUT2D eigenvalue weighted by molar-refractivity contribution is 7.89. The number of benzene rings is 1. The average Bonchev–Trinajstić information content (AvgIpc) is 2.84. The van der Waals surface area contributed by atoms with Crippen molar-refractivity contribution in [3.8, 4) is 0 Å². The maximum Gasteiger partial charge on any atom is 0.246 e. The predicted molar refractivity (Wildman–Crippen MR) is 79.0 cm³/mol. The van der Waals surface area contributed by atoms with E-state index in [1.54, 1.807) is 0 Å². The van der Waals surface area contributed by atoms with Gasteiger partial charge in [0.25, 0.3) is 0 Å². The molecule has 0 bridgehead atoms. The molecule has 3 unspecified atom stereocenters. The molecule has 4 nitrogen and oxygen atoms in total. The molecule has 0 radical (unpaired) electrons. The Labute approximate surface area is 129 Å². The Kier molecular flexibility index (Phi) is 3.98. The Bertz CT molecular complexity index is 652. The van der Waals surface area contributed by atoms with Crippen molar-refractivity contribution in [3.63, 3.8) is 0 Å². The largest absolute Gasteiger partial charge is 0.327 e. The van der Waals surface area contributed by atoms with Gasteiger partial charge in [-0.25, -0.2) is 12.8 Å². The Balaban J connectivity index is 1.89. The molecule has 3 atom stereocenters. The lowest BCUT2D eigenvalue weighted by molar-refractivity contribution is 0.260. The van der Waals surface area contributed by atoms with Crippen molar-refractivity contribution >= 4 is 21.6 Å². The first kappa shape index (κ1) is 15.2. The molecule has 0 spiro atoms. The summed E-state index contributed by atoms with van der Waals surface area (Å²) in [5.74, 6) is -0.329. The van der Waals surface area contributed by atoms with Gasteiger partial charge in [-0.1, -0.05) is 18.0 Å². The van der Waals surface area contributed by atoms with Crippen LogP contribution in [0.25, 0.3) is 0 Å². The van der Waals surface area contributed by atoms with Crippen LogP contribution in [-0.4, -0.2) is 31.9 Å². The van der Waals surface area contributed by atoms with Crippen LogP contribution in [0.3, 0.4) is 0 Å². The third-order valence-electron chi connectivity index (χ3n) is 4.63. The van der Waals surface area contributed by atoms with Crippen molar-refractivity contribution in [2.24, 2.45) is 17.6 Å². The van der Waals surface area contributed by atoms with Crippen LogP contribution in [0.2, 0.25) is 5.02 Å². The van der Waals surface area contributed by atoms with Gasteiger partial charge in [0, 0.05) is 24.2 Å². The Morgan fingerprint density at radius 2 is 2.05 bits per heavy atom. The molecule has 0 amide bonds. The monoisotopic (exact) mass is 332 g/mol. The predicted octanol–water partition coefficient (Wildman–Crippen LogP) is 2.23. The number of nitrogens with zero attached hydrogens (tertiary/aromatic N) is 1. The topological polar surface area (TPSA) is 63.4 Å². The fourth-order valence-corrected chi connectivity index (χ4v) is 5.23. The number of fused-ring (bicyclic) bond motifs is 1. The smallest absolute Gasteiger partial charge is 0.246 e. The number of hydrogen-bond acceptors (Lipinski definition) is 3. The van der Waals surface area contributed by atoms with Crippen molar-refractivity contribution < 1.29 is 12.8 Å². The SMILES string of the molecule is NC1CCCC2CN(S(=O)(=O)c3ccc(Cl)cc3F)CC12. The lowest BCUT2D eigenvalue weighted by Crippen LogP contribution is -2.38. The van der Waals surface area contributed by atoms with Crippen LogP contribution in [0, 0.1) is 17.7 Å². The number of sulfonamides is 1. The van der Waals surface area contributed by atoms with Crippen LogP contribution >= 0.6 is 11.6 Å². The number of hydrogen-bond donors (Lipinski definition) is 1. The zero-order valence-electron chi connectivity index (χ0n) is 11.5. The first-order chi connectivity index (χ1) is 9.89. The Morgan fingerprint density at radius 3 is 2.71 bits per heavy atom. The highest BCUT2D eigenvalue weighted by Gasteiger charge is 2.43. The minimum absolute atomic E-state index is 0.0408. The zero-order valence-corrected chi connectivity index (χ0v) is 13.1. The van der Waals surface area contributed by atoms with Gasteiger partial charge in [0.05, 0.1) is 0 Å². The van der Waals surface area contributed by atoms with E-state index in [1.165, 1.54) is 16.4 Å². The molecule has 2 fully saturated rings. The molecule has 2 N–H and O–H groups in total. The first-order valence-corrected chi connectivity index (χ1v) is 8.92. The van der Waals surface area contributed by atoms with Crippen molar-refractivity contribution in [2.45, 2.75) is 30.2 Å². The second-order valence-corrected chi connectivity index (χ2v) is 8.26. The van der Waals surface area contributed by atoms with E-state index >= 15 is 0 Å². The standard InChI is InChI=1S/C14H18ClFN2O2S/c15-10-4-5-14(12(16)6-10)21(19,20)18-7-9-2-1-3-13(17)11(9)8-18/h4-6,9,11,13H,1-3,7-8,17H2. The Morgan fingerprint density at radius 1 is 1.29 bits per heavy atom. The highest BCUT2D eigenvalue weighted by Crippen LogP contribution is 2.38. The van der Waals surface area contributed by atoms with Crippen LogP contribution in [0.15, 0.2) is 23.1 Å². The molecule has 0 aromatic heterocycles. The quantitative estimate of drug-likeness (QED) is 0.903. The molecule has 21 heavy (non-hydrogen) atoms. The van der Waals surface area contributed by atoms with E-state index in [9.17, 15) is 12.8 Å². The van der Waals surface area contributed by atoms with E-state index in [2.05, 4.69) is 0 Å². The molecule has 1 saturated carbocycles. The normalized spacial score (nSPS) is 30.3. The summed E-state index contributed by atoms with van der Waals surface area (Å²) in [6.07, 6.45) is 2.96. The molecule has 2 aliphatic rings. The van der Waals surface area contributed by atoms with E-state index in [4.69, 9.17) is 17.3 Å². The van der Waals surface area contributed by atoms with Gasteiger partial charge in [-0.3, -0.25) is 0 Å². The van der Waals surface area contributed by atoms with Crippen molar-refractivity contribution in [1.29, 1.82) is 0 Å². The summed E-state index contributed by atoms with van der Waals surface area (Å²) >= 11 is 5.68. The van der Waals surface area contributed by atoms with Gasteiger partial charge < -0.3 is 5.73 Å². The lowest BCUT2D eigenvalue weighted by Gasteiger charge is -2.29. The third-order valence-corrected chi connectivity index (χ3v) is 6.73. The average molecular weight is 333 g/mol. The van der Waals surface area contributed by atoms with E-state index < -0.39 is 15.8 Å². The molecule has 1 aromatic rings. The summed E-state index contributed by atoms with van der Waals surface area (Å²) in [6, 6.07) is 3.70. The maximum atomic E-state index is 13.9. The van der Waals surface area contributed by atoms with Gasteiger partial charge in [0.2, 0.25) is 10.0 Å². The molecule has 1 saturated heterocycles. The summed E-state index contributed by atoms with van der Waals surface area (Å²) in [6.45, 7) is 0.818. The fourth-order valence-electron chi connectivity index (χ4n) is 3.50. The molecule has 1 aliphatic heterocycles. The van der Waals surface area contributed by atoms with Gasteiger partial charge in [-0.2, -0.15) is 4.31 Å². The van der Waals surface area contributed by atoms with Gasteiger partial charge in [0.1, 0.15) is 10.7 Å². The van der Waals surface area contributed by atoms with Crippen LogP contribution in [-0.2, 0) is 10.0 Å². The van der Waals surface area contributed by atoms with Crippen molar-refractivity contribution in [1.82, 2.24) is 4.31 Å². The van der Waals surface area contributed by atoms with E-state index in [0.717, 1.165) is 25.3 Å². The van der Waals surface area contributed by atoms with Gasteiger partial charge >= 0.3 is 0 Å². The van der Waals surface area contributed by atoms with Crippen LogP contribution < -0.4 is 5.73 Å². The molecule has 3 rings (SSSR count). The van der Waals surface area contributed by atoms with E-state index in [0.29, 0.717) is 19.0 Å². The number of nitrogens with two attached hydrogens (primary N) is 1. The minimum Gasteiger partial charge on any atom is -0.327 e. The third kappa shape index (κ3) is 2.70. The summed E-state index contributed by atoms with van der Waals surface area (Å²) < 4.78 is 40.5. The number of halogens is 2. The molecule has 1 heterocycles. The summed E-state index contributed by atoms with van der Waals surface area (Å²) in [5, 5.41) is 0.184. The van der Waals surface area contributed by atoms with E-state index in [-0.39, 0.29) is 21.9 Å². The summed E-state index contributed by atoms with van der Waals surface area (Å²) in [5.41, 5.74) is 6.10. The second-order valence-electron chi connectivity index (χ2n) is 5.92.